The van der Waals surface area contributed by atoms with Crippen LogP contribution in [-0.4, -0.2) is 52.4 Å². The molecular formula is C12H21N5O2. The van der Waals surface area contributed by atoms with Gasteiger partial charge in [0.25, 0.3) is 0 Å². The topological polar surface area (TPSA) is 83.1 Å². The summed E-state index contributed by atoms with van der Waals surface area (Å²) in [6, 6.07) is -0.00576. The first-order valence-electron chi connectivity index (χ1n) is 6.59. The van der Waals surface area contributed by atoms with Gasteiger partial charge in [-0.05, 0) is 12.8 Å². The van der Waals surface area contributed by atoms with Crippen molar-refractivity contribution in [3.05, 3.63) is 12.2 Å². The lowest BCUT2D eigenvalue weighted by Crippen LogP contribution is -2.49. The molecule has 1 saturated carbocycles. The van der Waals surface area contributed by atoms with E-state index in [1.807, 2.05) is 0 Å². The van der Waals surface area contributed by atoms with Crippen LogP contribution in [0.25, 0.3) is 0 Å². The molecule has 0 radical (unpaired) electrons. The molecule has 1 aliphatic rings. The van der Waals surface area contributed by atoms with Gasteiger partial charge in [0.1, 0.15) is 12.2 Å². The number of aromatic nitrogens is 3. The predicted octanol–water partition coefficient (Wildman–Crippen LogP) is 0.904. The van der Waals surface area contributed by atoms with Crippen LogP contribution < -0.4 is 5.32 Å². The molecule has 7 nitrogen and oxygen atoms in total. The van der Waals surface area contributed by atoms with Crippen LogP contribution in [0.4, 0.5) is 4.79 Å². The summed E-state index contributed by atoms with van der Waals surface area (Å²) in [6.45, 7) is 0.413. The van der Waals surface area contributed by atoms with Gasteiger partial charge >= 0.3 is 6.03 Å². The standard InChI is InChI=1S/C12H21N5O2/c1-17(7-11-13-8-14-16-11)12(18)15-9-5-3-4-6-10(9)19-2/h8-10H,3-7H2,1-2H3,(H,15,18)(H,13,14,16)/t9-,10+/m1/s1. The first-order chi connectivity index (χ1) is 9.20. The molecule has 19 heavy (non-hydrogen) atoms. The van der Waals surface area contributed by atoms with Crippen LogP contribution >= 0.6 is 0 Å². The number of ether oxygens (including phenoxy) is 1. The van der Waals surface area contributed by atoms with Crippen molar-refractivity contribution in [1.29, 1.82) is 0 Å². The predicted molar refractivity (Wildman–Crippen MR) is 69.4 cm³/mol. The Morgan fingerprint density at radius 3 is 3.05 bits per heavy atom. The Labute approximate surface area is 112 Å². The number of methoxy groups -OCH3 is 1. The number of amides is 2. The van der Waals surface area contributed by atoms with E-state index in [4.69, 9.17) is 4.74 Å². The highest BCUT2D eigenvalue weighted by atomic mass is 16.5. The van der Waals surface area contributed by atoms with Gasteiger partial charge in [-0.1, -0.05) is 12.8 Å². The third-order valence-electron chi connectivity index (χ3n) is 3.51. The fourth-order valence-electron chi connectivity index (χ4n) is 2.42. The largest absolute Gasteiger partial charge is 0.379 e. The minimum atomic E-state index is -0.106. The Kier molecular flexibility index (Phi) is 4.73. The van der Waals surface area contributed by atoms with E-state index in [9.17, 15) is 4.79 Å². The van der Waals surface area contributed by atoms with Crippen LogP contribution in [0.3, 0.4) is 0 Å². The number of aromatic amines is 1. The number of rotatable bonds is 4. The zero-order valence-electron chi connectivity index (χ0n) is 11.4. The van der Waals surface area contributed by atoms with Crippen LogP contribution in [0.5, 0.6) is 0 Å². The second kappa shape index (κ2) is 6.51. The van der Waals surface area contributed by atoms with Crippen molar-refractivity contribution in [1.82, 2.24) is 25.4 Å². The van der Waals surface area contributed by atoms with Gasteiger partial charge in [0, 0.05) is 14.2 Å². The summed E-state index contributed by atoms with van der Waals surface area (Å²) in [5.41, 5.74) is 0. The Morgan fingerprint density at radius 1 is 1.58 bits per heavy atom. The van der Waals surface area contributed by atoms with Gasteiger partial charge < -0.3 is 15.0 Å². The van der Waals surface area contributed by atoms with Gasteiger partial charge in [-0.25, -0.2) is 9.78 Å². The lowest BCUT2D eigenvalue weighted by molar-refractivity contribution is 0.0434. The molecule has 1 fully saturated rings. The second-order valence-electron chi connectivity index (χ2n) is 4.90. The van der Waals surface area contributed by atoms with Crippen molar-refractivity contribution in [3.8, 4) is 0 Å². The van der Waals surface area contributed by atoms with E-state index >= 15 is 0 Å². The summed E-state index contributed by atoms with van der Waals surface area (Å²) in [7, 11) is 3.44. The molecular weight excluding hydrogens is 246 g/mol. The average molecular weight is 267 g/mol. The minimum absolute atomic E-state index is 0.100. The molecule has 0 aromatic carbocycles. The number of urea groups is 1. The molecule has 1 aliphatic carbocycles. The molecule has 0 aliphatic heterocycles. The zero-order chi connectivity index (χ0) is 13.7. The molecule has 0 spiro atoms. The number of nitrogens with one attached hydrogen (secondary N) is 2. The molecule has 1 aromatic rings. The molecule has 2 rings (SSSR count). The molecule has 7 heteroatoms. The third kappa shape index (κ3) is 3.66. The van der Waals surface area contributed by atoms with Crippen LogP contribution in [0.2, 0.25) is 0 Å². The second-order valence-corrected chi connectivity index (χ2v) is 4.90. The number of carbonyl (C=O) groups is 1. The number of H-pyrrole nitrogens is 1. The third-order valence-corrected chi connectivity index (χ3v) is 3.51. The van der Waals surface area contributed by atoms with Gasteiger partial charge in [0.05, 0.1) is 18.7 Å². The summed E-state index contributed by atoms with van der Waals surface area (Å²) in [6.07, 6.45) is 5.84. The summed E-state index contributed by atoms with van der Waals surface area (Å²) < 4.78 is 5.43. The lowest BCUT2D eigenvalue weighted by atomic mass is 9.92. The Morgan fingerprint density at radius 2 is 2.37 bits per heavy atom. The summed E-state index contributed by atoms with van der Waals surface area (Å²) in [5.74, 6) is 0.671. The minimum Gasteiger partial charge on any atom is -0.379 e. The normalized spacial score (nSPS) is 23.1. The number of hydrogen-bond donors (Lipinski definition) is 2. The molecule has 1 heterocycles. The molecule has 2 N–H and O–H groups in total. The van der Waals surface area contributed by atoms with Crippen LogP contribution in [0.15, 0.2) is 6.33 Å². The maximum atomic E-state index is 12.1. The maximum absolute atomic E-state index is 12.1. The summed E-state index contributed by atoms with van der Waals surface area (Å²) in [4.78, 5) is 17.7. The average Bonchev–Trinajstić information content (AvgIpc) is 2.92. The molecule has 106 valence electrons. The summed E-state index contributed by atoms with van der Waals surface area (Å²) in [5, 5.41) is 9.53. The molecule has 0 unspecified atom stereocenters. The first kappa shape index (κ1) is 13.8. The first-order valence-corrected chi connectivity index (χ1v) is 6.59. The van der Waals surface area contributed by atoms with Gasteiger partial charge in [-0.2, -0.15) is 5.10 Å². The van der Waals surface area contributed by atoms with E-state index in [-0.39, 0.29) is 18.2 Å². The van der Waals surface area contributed by atoms with E-state index in [2.05, 4.69) is 20.5 Å². The maximum Gasteiger partial charge on any atom is 0.317 e. The quantitative estimate of drug-likeness (QED) is 0.849. The lowest BCUT2D eigenvalue weighted by Gasteiger charge is -2.32. The fourth-order valence-corrected chi connectivity index (χ4v) is 2.42. The van der Waals surface area contributed by atoms with E-state index in [1.54, 1.807) is 19.1 Å². The fraction of sp³-hybridized carbons (Fsp3) is 0.750. The van der Waals surface area contributed by atoms with Gasteiger partial charge in [0.2, 0.25) is 0 Å². The van der Waals surface area contributed by atoms with Crippen LogP contribution in [0.1, 0.15) is 31.5 Å². The van der Waals surface area contributed by atoms with Crippen molar-refractivity contribution in [2.24, 2.45) is 0 Å². The van der Waals surface area contributed by atoms with Crippen molar-refractivity contribution in [2.75, 3.05) is 14.2 Å². The van der Waals surface area contributed by atoms with E-state index < -0.39 is 0 Å². The van der Waals surface area contributed by atoms with Crippen LogP contribution in [0, 0.1) is 0 Å². The van der Waals surface area contributed by atoms with Crippen molar-refractivity contribution < 1.29 is 9.53 Å². The molecule has 1 aromatic heterocycles. The smallest absolute Gasteiger partial charge is 0.317 e. The SMILES string of the molecule is CO[C@H]1CCCC[C@H]1NC(=O)N(C)Cc1ncn[nH]1. The Balaban J connectivity index is 1.85. The van der Waals surface area contributed by atoms with E-state index in [1.165, 1.54) is 12.7 Å². The number of nitrogens with zero attached hydrogens (tertiary/aromatic N) is 3. The highest BCUT2D eigenvalue weighted by Crippen LogP contribution is 2.20. The number of hydrogen-bond acceptors (Lipinski definition) is 4. The molecule has 2 amide bonds. The molecule has 2 atom stereocenters. The molecule has 0 bridgehead atoms. The zero-order valence-corrected chi connectivity index (χ0v) is 11.4. The van der Waals surface area contributed by atoms with Crippen molar-refractivity contribution >= 4 is 6.03 Å². The van der Waals surface area contributed by atoms with Gasteiger partial charge in [-0.15, -0.1) is 0 Å². The van der Waals surface area contributed by atoms with E-state index in [0.29, 0.717) is 12.4 Å². The Bertz CT molecular complexity index is 395. The van der Waals surface area contributed by atoms with Crippen LogP contribution in [-0.2, 0) is 11.3 Å². The highest BCUT2D eigenvalue weighted by molar-refractivity contribution is 5.74. The van der Waals surface area contributed by atoms with Gasteiger partial charge in [-0.3, -0.25) is 5.10 Å². The van der Waals surface area contributed by atoms with Crippen molar-refractivity contribution in [3.63, 3.8) is 0 Å². The summed E-state index contributed by atoms with van der Waals surface area (Å²) >= 11 is 0. The monoisotopic (exact) mass is 267 g/mol. The van der Waals surface area contributed by atoms with E-state index in [0.717, 1.165) is 19.3 Å². The van der Waals surface area contributed by atoms with Crippen molar-refractivity contribution in [2.45, 2.75) is 44.4 Å². The number of carbonyl (C=O) groups excluding carboxylic acids is 1. The highest BCUT2D eigenvalue weighted by Gasteiger charge is 2.27. The Hall–Kier alpha value is -1.63. The molecule has 0 saturated heterocycles. The van der Waals surface area contributed by atoms with Gasteiger partial charge in [0.15, 0.2) is 0 Å².